The highest BCUT2D eigenvalue weighted by Gasteiger charge is 2.24. The molecule has 0 saturated heterocycles. The predicted octanol–water partition coefficient (Wildman–Crippen LogP) is 3.10. The highest BCUT2D eigenvalue weighted by molar-refractivity contribution is 6.32. The zero-order valence-corrected chi connectivity index (χ0v) is 15.7. The SMILES string of the molecule is CN(C)Cc1ccc(-c2ncc(Cl)c(N=C(N)/C=C(\N)C3CC3)n2)cc1. The summed E-state index contributed by atoms with van der Waals surface area (Å²) in [5.74, 6) is 1.62. The molecule has 26 heavy (non-hydrogen) atoms. The topological polar surface area (TPSA) is 93.4 Å². The molecule has 1 saturated carbocycles. The van der Waals surface area contributed by atoms with Crippen molar-refractivity contribution < 1.29 is 0 Å². The Labute approximate surface area is 158 Å². The molecule has 1 aromatic heterocycles. The first-order chi connectivity index (χ1) is 12.4. The van der Waals surface area contributed by atoms with E-state index < -0.39 is 0 Å². The molecule has 1 aromatic carbocycles. The van der Waals surface area contributed by atoms with Crippen LogP contribution in [0.4, 0.5) is 5.82 Å². The third kappa shape index (κ3) is 4.80. The van der Waals surface area contributed by atoms with E-state index in [0.717, 1.165) is 30.6 Å². The van der Waals surface area contributed by atoms with Crippen LogP contribution in [0.15, 0.2) is 47.2 Å². The van der Waals surface area contributed by atoms with E-state index in [1.165, 1.54) is 11.8 Å². The van der Waals surface area contributed by atoms with Crippen LogP contribution in [0.25, 0.3) is 11.4 Å². The van der Waals surface area contributed by atoms with Crippen LogP contribution in [-0.2, 0) is 6.54 Å². The maximum Gasteiger partial charge on any atom is 0.176 e. The number of aromatic nitrogens is 2. The van der Waals surface area contributed by atoms with Crippen LogP contribution in [-0.4, -0.2) is 34.8 Å². The smallest absolute Gasteiger partial charge is 0.176 e. The Morgan fingerprint density at radius 2 is 1.96 bits per heavy atom. The van der Waals surface area contributed by atoms with E-state index in [4.69, 9.17) is 23.1 Å². The van der Waals surface area contributed by atoms with Gasteiger partial charge in [0.05, 0.1) is 6.20 Å². The molecule has 7 heteroatoms. The molecule has 0 unspecified atom stereocenters. The Bertz CT molecular complexity index is 838. The van der Waals surface area contributed by atoms with Gasteiger partial charge in [-0.25, -0.2) is 15.0 Å². The lowest BCUT2D eigenvalue weighted by atomic mass is 10.1. The highest BCUT2D eigenvalue weighted by Crippen LogP contribution is 2.33. The van der Waals surface area contributed by atoms with Gasteiger partial charge in [0.2, 0.25) is 0 Å². The molecule has 0 spiro atoms. The predicted molar refractivity (Wildman–Crippen MR) is 106 cm³/mol. The molecule has 3 rings (SSSR count). The van der Waals surface area contributed by atoms with Gasteiger partial charge in [-0.1, -0.05) is 35.9 Å². The zero-order valence-electron chi connectivity index (χ0n) is 15.0. The molecule has 2 aromatic rings. The molecule has 0 radical (unpaired) electrons. The number of nitrogens with zero attached hydrogens (tertiary/aromatic N) is 4. The van der Waals surface area contributed by atoms with Crippen molar-refractivity contribution in [3.63, 3.8) is 0 Å². The standard InChI is InChI=1S/C19H23ClN6/c1-26(2)11-12-3-5-14(6-4-12)18-23-10-15(20)19(25-18)24-17(22)9-16(21)13-7-8-13/h3-6,9-10,13H,7-8,11,21H2,1-2H3,(H2,22,23,24,25)/b16-9-. The normalized spacial score (nSPS) is 15.5. The fourth-order valence-electron chi connectivity index (χ4n) is 2.56. The Kier molecular flexibility index (Phi) is 5.54. The highest BCUT2D eigenvalue weighted by atomic mass is 35.5. The fraction of sp³-hybridized carbons (Fsp3) is 0.316. The average Bonchev–Trinajstić information content (AvgIpc) is 3.42. The van der Waals surface area contributed by atoms with Crippen molar-refractivity contribution in [2.75, 3.05) is 14.1 Å². The fourth-order valence-corrected chi connectivity index (χ4v) is 2.69. The number of nitrogens with two attached hydrogens (primary N) is 2. The van der Waals surface area contributed by atoms with Crippen molar-refractivity contribution in [2.24, 2.45) is 22.4 Å². The monoisotopic (exact) mass is 370 g/mol. The molecule has 0 atom stereocenters. The summed E-state index contributed by atoms with van der Waals surface area (Å²) in [5.41, 5.74) is 14.8. The van der Waals surface area contributed by atoms with Crippen LogP contribution in [0, 0.1) is 5.92 Å². The molecule has 4 N–H and O–H groups in total. The van der Waals surface area contributed by atoms with Crippen LogP contribution in [0.5, 0.6) is 0 Å². The Balaban J connectivity index is 1.84. The second kappa shape index (κ2) is 7.85. The van der Waals surface area contributed by atoms with Crippen LogP contribution in [0.2, 0.25) is 5.02 Å². The molecule has 136 valence electrons. The van der Waals surface area contributed by atoms with E-state index in [2.05, 4.69) is 32.0 Å². The molecular weight excluding hydrogens is 348 g/mol. The van der Waals surface area contributed by atoms with Crippen LogP contribution < -0.4 is 11.5 Å². The summed E-state index contributed by atoms with van der Waals surface area (Å²) in [6.07, 6.45) is 5.44. The number of allylic oxidation sites excluding steroid dienone is 1. The summed E-state index contributed by atoms with van der Waals surface area (Å²) in [6.45, 7) is 0.878. The number of hydrogen-bond donors (Lipinski definition) is 2. The maximum absolute atomic E-state index is 6.18. The van der Waals surface area contributed by atoms with Gasteiger partial charge in [0.1, 0.15) is 10.9 Å². The van der Waals surface area contributed by atoms with Gasteiger partial charge < -0.3 is 16.4 Å². The molecule has 1 fully saturated rings. The Hall–Kier alpha value is -2.44. The van der Waals surface area contributed by atoms with Gasteiger partial charge in [-0.3, -0.25) is 0 Å². The van der Waals surface area contributed by atoms with Gasteiger partial charge in [0.15, 0.2) is 11.6 Å². The van der Waals surface area contributed by atoms with Crippen molar-refractivity contribution in [3.8, 4) is 11.4 Å². The van der Waals surface area contributed by atoms with Crippen molar-refractivity contribution >= 4 is 23.3 Å². The first kappa shape index (κ1) is 18.4. The van der Waals surface area contributed by atoms with E-state index in [0.29, 0.717) is 28.4 Å². The summed E-state index contributed by atoms with van der Waals surface area (Å²) in [7, 11) is 4.07. The third-order valence-corrected chi connectivity index (χ3v) is 4.30. The van der Waals surface area contributed by atoms with Crippen LogP contribution >= 0.6 is 11.6 Å². The molecule has 0 amide bonds. The Morgan fingerprint density at radius 1 is 1.27 bits per heavy atom. The number of aliphatic imine (C=N–C) groups is 1. The summed E-state index contributed by atoms with van der Waals surface area (Å²) in [4.78, 5) is 15.2. The molecule has 0 bridgehead atoms. The summed E-state index contributed by atoms with van der Waals surface area (Å²) < 4.78 is 0. The molecule has 1 aliphatic rings. The van der Waals surface area contributed by atoms with Gasteiger partial charge in [-0.05, 0) is 44.5 Å². The van der Waals surface area contributed by atoms with Crippen LogP contribution in [0.1, 0.15) is 18.4 Å². The quantitative estimate of drug-likeness (QED) is 0.602. The summed E-state index contributed by atoms with van der Waals surface area (Å²) >= 11 is 6.18. The van der Waals surface area contributed by atoms with E-state index in [9.17, 15) is 0 Å². The van der Waals surface area contributed by atoms with E-state index >= 15 is 0 Å². The summed E-state index contributed by atoms with van der Waals surface area (Å²) in [6, 6.07) is 8.10. The summed E-state index contributed by atoms with van der Waals surface area (Å²) in [5, 5.41) is 0.347. The number of halogens is 1. The zero-order chi connectivity index (χ0) is 18.7. The largest absolute Gasteiger partial charge is 0.402 e. The van der Waals surface area contributed by atoms with Crippen molar-refractivity contribution in [3.05, 3.63) is 52.8 Å². The molecular formula is C19H23ClN6. The Morgan fingerprint density at radius 3 is 2.58 bits per heavy atom. The number of rotatable bonds is 6. The molecule has 6 nitrogen and oxygen atoms in total. The lowest BCUT2D eigenvalue weighted by molar-refractivity contribution is 0.402. The van der Waals surface area contributed by atoms with Gasteiger partial charge >= 0.3 is 0 Å². The van der Waals surface area contributed by atoms with Gasteiger partial charge in [-0.15, -0.1) is 0 Å². The number of hydrogen-bond acceptors (Lipinski definition) is 5. The first-order valence-electron chi connectivity index (χ1n) is 8.50. The van der Waals surface area contributed by atoms with E-state index in [-0.39, 0.29) is 0 Å². The van der Waals surface area contributed by atoms with Crippen LogP contribution in [0.3, 0.4) is 0 Å². The minimum absolute atomic E-state index is 0.294. The van der Waals surface area contributed by atoms with Gasteiger partial charge in [0, 0.05) is 17.8 Å². The first-order valence-corrected chi connectivity index (χ1v) is 8.88. The lowest BCUT2D eigenvalue weighted by Crippen LogP contribution is -2.12. The van der Waals surface area contributed by atoms with E-state index in [1.807, 2.05) is 26.2 Å². The maximum atomic E-state index is 6.18. The van der Waals surface area contributed by atoms with E-state index in [1.54, 1.807) is 6.08 Å². The van der Waals surface area contributed by atoms with Gasteiger partial charge in [0.25, 0.3) is 0 Å². The number of benzene rings is 1. The second-order valence-electron chi connectivity index (χ2n) is 6.76. The van der Waals surface area contributed by atoms with Crippen molar-refractivity contribution in [2.45, 2.75) is 19.4 Å². The third-order valence-electron chi connectivity index (χ3n) is 4.03. The lowest BCUT2D eigenvalue weighted by Gasteiger charge is -2.10. The molecule has 1 aliphatic carbocycles. The average molecular weight is 371 g/mol. The minimum atomic E-state index is 0.294. The van der Waals surface area contributed by atoms with Crippen molar-refractivity contribution in [1.29, 1.82) is 0 Å². The minimum Gasteiger partial charge on any atom is -0.402 e. The molecule has 1 heterocycles. The number of amidine groups is 1. The van der Waals surface area contributed by atoms with Crippen molar-refractivity contribution in [1.82, 2.24) is 14.9 Å². The van der Waals surface area contributed by atoms with Gasteiger partial charge in [-0.2, -0.15) is 0 Å². The second-order valence-corrected chi connectivity index (χ2v) is 7.16. The molecule has 0 aliphatic heterocycles.